The number of nitrogens with zero attached hydrogens (tertiary/aromatic N) is 2. The maximum Gasteiger partial charge on any atom is 0.357 e. The fraction of sp³-hybridized carbons (Fsp3) is 0.118. The van der Waals surface area contributed by atoms with Gasteiger partial charge in [-0.15, -0.1) is 11.3 Å². The molecule has 3 heterocycles. The number of aryl methyl sites for hydroxylation is 2. The van der Waals surface area contributed by atoms with Crippen LogP contribution in [0.4, 0.5) is 0 Å². The van der Waals surface area contributed by atoms with Crippen molar-refractivity contribution in [1.82, 2.24) is 9.97 Å². The standard InChI is InChI=1S/C17H11ClN2O2S/c1-8-7-9(2)19-16-12(8)13-14(23-16)17(21)22-15(20-13)10-5-3-4-6-11(10)18/h3-7H,1-2H3. The first-order valence-electron chi connectivity index (χ1n) is 7.01. The topological polar surface area (TPSA) is 56.0 Å². The Bertz CT molecular complexity index is 1130. The van der Waals surface area contributed by atoms with Crippen LogP contribution in [-0.2, 0) is 0 Å². The van der Waals surface area contributed by atoms with Crippen LogP contribution in [0.3, 0.4) is 0 Å². The number of halogens is 1. The Hall–Kier alpha value is -2.24. The van der Waals surface area contributed by atoms with Crippen molar-refractivity contribution >= 4 is 43.4 Å². The van der Waals surface area contributed by atoms with Crippen LogP contribution in [0.2, 0.25) is 5.02 Å². The molecular formula is C17H11ClN2O2S. The summed E-state index contributed by atoms with van der Waals surface area (Å²) in [5, 5.41) is 1.39. The normalized spacial score (nSPS) is 11.4. The van der Waals surface area contributed by atoms with Crippen LogP contribution in [0.5, 0.6) is 0 Å². The number of pyridine rings is 1. The maximum atomic E-state index is 12.4. The van der Waals surface area contributed by atoms with Gasteiger partial charge in [-0.3, -0.25) is 0 Å². The zero-order valence-corrected chi connectivity index (χ0v) is 14.0. The van der Waals surface area contributed by atoms with Gasteiger partial charge in [-0.1, -0.05) is 23.7 Å². The van der Waals surface area contributed by atoms with Gasteiger partial charge in [-0.05, 0) is 37.6 Å². The molecule has 0 spiro atoms. The lowest BCUT2D eigenvalue weighted by molar-refractivity contribution is 0.520. The summed E-state index contributed by atoms with van der Waals surface area (Å²) >= 11 is 7.51. The van der Waals surface area contributed by atoms with E-state index in [0.717, 1.165) is 21.5 Å². The van der Waals surface area contributed by atoms with Gasteiger partial charge >= 0.3 is 5.63 Å². The van der Waals surface area contributed by atoms with E-state index in [1.807, 2.05) is 32.0 Å². The van der Waals surface area contributed by atoms with Gasteiger partial charge in [0.25, 0.3) is 0 Å². The molecule has 114 valence electrons. The third kappa shape index (κ3) is 2.24. The average molecular weight is 343 g/mol. The van der Waals surface area contributed by atoms with Crippen molar-refractivity contribution in [3.05, 3.63) is 57.0 Å². The fourth-order valence-corrected chi connectivity index (χ4v) is 4.01. The van der Waals surface area contributed by atoms with E-state index >= 15 is 0 Å². The van der Waals surface area contributed by atoms with Crippen LogP contribution < -0.4 is 5.63 Å². The minimum atomic E-state index is -0.412. The molecule has 0 unspecified atom stereocenters. The summed E-state index contributed by atoms with van der Waals surface area (Å²) < 4.78 is 5.87. The van der Waals surface area contributed by atoms with E-state index in [1.54, 1.807) is 12.1 Å². The van der Waals surface area contributed by atoms with Crippen molar-refractivity contribution in [3.63, 3.8) is 0 Å². The quantitative estimate of drug-likeness (QED) is 0.501. The zero-order valence-electron chi connectivity index (χ0n) is 12.4. The third-order valence-corrected chi connectivity index (χ3v) is 5.04. The van der Waals surface area contributed by atoms with Gasteiger partial charge in [0.2, 0.25) is 5.89 Å². The molecular weight excluding hydrogens is 332 g/mol. The van der Waals surface area contributed by atoms with Crippen molar-refractivity contribution in [1.29, 1.82) is 0 Å². The Morgan fingerprint density at radius 2 is 1.96 bits per heavy atom. The van der Waals surface area contributed by atoms with E-state index in [0.29, 0.717) is 20.8 Å². The number of hydrogen-bond acceptors (Lipinski definition) is 5. The van der Waals surface area contributed by atoms with Gasteiger partial charge < -0.3 is 4.42 Å². The first kappa shape index (κ1) is 14.4. The maximum absolute atomic E-state index is 12.4. The molecule has 0 fully saturated rings. The lowest BCUT2D eigenvalue weighted by atomic mass is 10.1. The molecule has 0 saturated heterocycles. The Balaban J connectivity index is 2.13. The van der Waals surface area contributed by atoms with Gasteiger partial charge in [0, 0.05) is 11.1 Å². The zero-order chi connectivity index (χ0) is 16.1. The van der Waals surface area contributed by atoms with Gasteiger partial charge in [-0.2, -0.15) is 0 Å². The van der Waals surface area contributed by atoms with Gasteiger partial charge in [-0.25, -0.2) is 14.8 Å². The molecule has 0 saturated carbocycles. The molecule has 0 aliphatic heterocycles. The highest BCUT2D eigenvalue weighted by atomic mass is 35.5. The van der Waals surface area contributed by atoms with Gasteiger partial charge in [0.1, 0.15) is 15.0 Å². The van der Waals surface area contributed by atoms with E-state index in [-0.39, 0.29) is 5.89 Å². The molecule has 3 aromatic heterocycles. The molecule has 0 radical (unpaired) electrons. The smallest absolute Gasteiger partial charge is 0.357 e. The number of rotatable bonds is 1. The Kier molecular flexibility index (Phi) is 3.21. The summed E-state index contributed by atoms with van der Waals surface area (Å²) in [6, 6.07) is 9.15. The predicted molar refractivity (Wildman–Crippen MR) is 93.4 cm³/mol. The van der Waals surface area contributed by atoms with Crippen molar-refractivity contribution in [3.8, 4) is 11.5 Å². The van der Waals surface area contributed by atoms with Crippen LogP contribution in [0.15, 0.2) is 39.5 Å². The summed E-state index contributed by atoms with van der Waals surface area (Å²) in [7, 11) is 0. The molecule has 4 aromatic rings. The highest BCUT2D eigenvalue weighted by Crippen LogP contribution is 2.34. The number of aromatic nitrogens is 2. The van der Waals surface area contributed by atoms with Crippen LogP contribution in [0.25, 0.3) is 31.9 Å². The van der Waals surface area contributed by atoms with E-state index in [2.05, 4.69) is 9.97 Å². The van der Waals surface area contributed by atoms with E-state index < -0.39 is 5.63 Å². The molecule has 0 amide bonds. The molecule has 4 rings (SSSR count). The number of benzene rings is 1. The highest BCUT2D eigenvalue weighted by Gasteiger charge is 2.17. The van der Waals surface area contributed by atoms with Crippen molar-refractivity contribution in [2.45, 2.75) is 13.8 Å². The van der Waals surface area contributed by atoms with E-state index in [9.17, 15) is 4.79 Å². The second-order valence-electron chi connectivity index (χ2n) is 5.33. The lowest BCUT2D eigenvalue weighted by Gasteiger charge is -2.02. The summed E-state index contributed by atoms with van der Waals surface area (Å²) in [5.74, 6) is 0.229. The largest absolute Gasteiger partial charge is 0.402 e. The SMILES string of the molecule is Cc1cc(C)c2c(n1)sc1c(=O)oc(-c3ccccc3Cl)nc12. The van der Waals surface area contributed by atoms with E-state index in [4.69, 9.17) is 16.0 Å². The molecule has 0 N–H and O–H groups in total. The first-order chi connectivity index (χ1) is 11.0. The van der Waals surface area contributed by atoms with Gasteiger partial charge in [0.15, 0.2) is 0 Å². The van der Waals surface area contributed by atoms with Crippen molar-refractivity contribution in [2.75, 3.05) is 0 Å². The molecule has 1 aromatic carbocycles. The average Bonchev–Trinajstić information content (AvgIpc) is 2.86. The van der Waals surface area contributed by atoms with E-state index in [1.165, 1.54) is 11.3 Å². The van der Waals surface area contributed by atoms with Crippen LogP contribution >= 0.6 is 22.9 Å². The van der Waals surface area contributed by atoms with Gasteiger partial charge in [0.05, 0.1) is 10.6 Å². The fourth-order valence-electron chi connectivity index (χ4n) is 2.68. The predicted octanol–water partition coefficient (Wildman–Crippen LogP) is 4.73. The Morgan fingerprint density at radius 3 is 2.74 bits per heavy atom. The molecule has 0 aliphatic rings. The molecule has 4 nitrogen and oxygen atoms in total. The molecule has 6 heteroatoms. The number of hydrogen-bond donors (Lipinski definition) is 0. The summed E-state index contributed by atoms with van der Waals surface area (Å²) in [4.78, 5) is 22.3. The van der Waals surface area contributed by atoms with Crippen LogP contribution in [-0.4, -0.2) is 9.97 Å². The lowest BCUT2D eigenvalue weighted by Crippen LogP contribution is -2.00. The molecule has 0 bridgehead atoms. The minimum Gasteiger partial charge on any atom is -0.402 e. The number of fused-ring (bicyclic) bond motifs is 3. The monoisotopic (exact) mass is 342 g/mol. The minimum absolute atomic E-state index is 0.229. The van der Waals surface area contributed by atoms with Crippen molar-refractivity contribution in [2.24, 2.45) is 0 Å². The Morgan fingerprint density at radius 1 is 1.17 bits per heavy atom. The summed E-state index contributed by atoms with van der Waals surface area (Å²) in [6.45, 7) is 3.93. The number of thiophene rings is 1. The highest BCUT2D eigenvalue weighted by molar-refractivity contribution is 7.25. The van der Waals surface area contributed by atoms with Crippen LogP contribution in [0, 0.1) is 13.8 Å². The second-order valence-corrected chi connectivity index (χ2v) is 6.73. The molecule has 0 aliphatic carbocycles. The summed E-state index contributed by atoms with van der Waals surface area (Å²) in [5.41, 5.74) is 2.77. The first-order valence-corrected chi connectivity index (χ1v) is 8.20. The molecule has 0 atom stereocenters. The van der Waals surface area contributed by atoms with Crippen molar-refractivity contribution < 1.29 is 4.42 Å². The third-order valence-electron chi connectivity index (χ3n) is 3.65. The second kappa shape index (κ2) is 5.15. The Labute approximate surface area is 140 Å². The van der Waals surface area contributed by atoms with Crippen LogP contribution in [0.1, 0.15) is 11.3 Å². The summed E-state index contributed by atoms with van der Waals surface area (Å²) in [6.07, 6.45) is 0. The molecule has 23 heavy (non-hydrogen) atoms.